The second-order valence-corrected chi connectivity index (χ2v) is 8.19. The summed E-state index contributed by atoms with van der Waals surface area (Å²) < 4.78 is 16.6. The highest BCUT2D eigenvalue weighted by Gasteiger charge is 2.19. The molecule has 1 aromatic heterocycles. The highest BCUT2D eigenvalue weighted by molar-refractivity contribution is 6.35. The summed E-state index contributed by atoms with van der Waals surface area (Å²) in [5.41, 5.74) is 1.50. The molecule has 1 atom stereocenters. The van der Waals surface area contributed by atoms with Crippen LogP contribution in [0.5, 0.6) is 11.5 Å². The third-order valence-electron chi connectivity index (χ3n) is 4.93. The van der Waals surface area contributed by atoms with Gasteiger partial charge in [0, 0.05) is 22.2 Å². The zero-order chi connectivity index (χ0) is 24.2. The van der Waals surface area contributed by atoms with Crippen LogP contribution in [0.15, 0.2) is 71.1 Å². The van der Waals surface area contributed by atoms with Gasteiger partial charge in [0.05, 0.1) is 17.8 Å². The van der Waals surface area contributed by atoms with Crippen molar-refractivity contribution in [1.82, 2.24) is 0 Å². The van der Waals surface area contributed by atoms with Gasteiger partial charge in [-0.25, -0.2) is 0 Å². The fraction of sp³-hybridized carbons (Fsp3) is 0.120. The highest BCUT2D eigenvalue weighted by atomic mass is 35.5. The van der Waals surface area contributed by atoms with E-state index in [1.165, 1.54) is 13.2 Å². The van der Waals surface area contributed by atoms with Crippen LogP contribution in [-0.2, 0) is 4.79 Å². The molecule has 0 aliphatic rings. The number of fused-ring (bicyclic) bond motifs is 1. The number of hydrogen-bond donors (Lipinski definition) is 2. The predicted octanol–water partition coefficient (Wildman–Crippen LogP) is 6.41. The zero-order valence-corrected chi connectivity index (χ0v) is 19.7. The Bertz CT molecular complexity index is 1340. The van der Waals surface area contributed by atoms with Crippen molar-refractivity contribution in [3.05, 3.63) is 82.5 Å². The van der Waals surface area contributed by atoms with Crippen LogP contribution < -0.4 is 20.1 Å². The first-order valence-electron chi connectivity index (χ1n) is 10.2. The Morgan fingerprint density at radius 1 is 0.941 bits per heavy atom. The van der Waals surface area contributed by atoms with Crippen molar-refractivity contribution >= 4 is 57.4 Å². The van der Waals surface area contributed by atoms with Crippen molar-refractivity contribution in [1.29, 1.82) is 0 Å². The second-order valence-electron chi connectivity index (χ2n) is 7.34. The quantitative estimate of drug-likeness (QED) is 0.307. The maximum atomic E-state index is 12.7. The standard InChI is InChI=1S/C25H20Cl2N2O5/c1-14(33-21-10-7-16(26)12-18(21)27)24(30)28-17-8-9-19(22(13-17)32-2)29-25(31)23-11-15-5-3-4-6-20(15)34-23/h3-14H,1-2H3,(H,28,30)(H,29,31)/t14-/m1/s1. The Balaban J connectivity index is 1.43. The number of hydrogen-bond acceptors (Lipinski definition) is 5. The molecule has 4 aromatic rings. The summed E-state index contributed by atoms with van der Waals surface area (Å²) in [6, 6.07) is 18.6. The largest absolute Gasteiger partial charge is 0.494 e. The minimum atomic E-state index is -0.836. The van der Waals surface area contributed by atoms with Gasteiger partial charge in [-0.05, 0) is 49.4 Å². The first-order chi connectivity index (χ1) is 16.3. The number of amides is 2. The molecular weight excluding hydrogens is 479 g/mol. The van der Waals surface area contributed by atoms with Gasteiger partial charge in [-0.2, -0.15) is 0 Å². The predicted molar refractivity (Wildman–Crippen MR) is 132 cm³/mol. The van der Waals surface area contributed by atoms with Gasteiger partial charge < -0.3 is 24.5 Å². The molecule has 2 N–H and O–H groups in total. The molecule has 0 radical (unpaired) electrons. The average molecular weight is 499 g/mol. The highest BCUT2D eigenvalue weighted by Crippen LogP contribution is 2.30. The van der Waals surface area contributed by atoms with E-state index >= 15 is 0 Å². The number of carbonyl (C=O) groups is 2. The Kier molecular flexibility index (Phi) is 6.95. The van der Waals surface area contributed by atoms with E-state index in [4.69, 9.17) is 37.1 Å². The van der Waals surface area contributed by atoms with Crippen molar-refractivity contribution in [3.63, 3.8) is 0 Å². The van der Waals surface area contributed by atoms with Crippen LogP contribution in [0, 0.1) is 0 Å². The fourth-order valence-corrected chi connectivity index (χ4v) is 3.66. The molecule has 0 spiro atoms. The Morgan fingerprint density at radius 2 is 1.74 bits per heavy atom. The first kappa shape index (κ1) is 23.5. The molecule has 9 heteroatoms. The summed E-state index contributed by atoms with van der Waals surface area (Å²) in [4.78, 5) is 25.3. The zero-order valence-electron chi connectivity index (χ0n) is 18.2. The number of carbonyl (C=O) groups excluding carboxylic acids is 2. The molecule has 0 bridgehead atoms. The smallest absolute Gasteiger partial charge is 0.291 e. The van der Waals surface area contributed by atoms with Crippen molar-refractivity contribution in [3.8, 4) is 11.5 Å². The maximum Gasteiger partial charge on any atom is 0.291 e. The van der Waals surface area contributed by atoms with Crippen LogP contribution in [0.2, 0.25) is 10.0 Å². The van der Waals surface area contributed by atoms with Crippen molar-refractivity contribution in [2.45, 2.75) is 13.0 Å². The van der Waals surface area contributed by atoms with Gasteiger partial charge in [-0.3, -0.25) is 9.59 Å². The first-order valence-corrected chi connectivity index (χ1v) is 11.0. The SMILES string of the molecule is COc1cc(NC(=O)[C@@H](C)Oc2ccc(Cl)cc2Cl)ccc1NC(=O)c1cc2ccccc2o1. The Hall–Kier alpha value is -3.68. The lowest BCUT2D eigenvalue weighted by molar-refractivity contribution is -0.122. The van der Waals surface area contributed by atoms with Gasteiger partial charge in [-0.1, -0.05) is 41.4 Å². The molecule has 2 amide bonds. The van der Waals surface area contributed by atoms with Crippen LogP contribution >= 0.6 is 23.2 Å². The number of anilines is 2. The second kappa shape index (κ2) is 10.1. The van der Waals surface area contributed by atoms with E-state index in [0.29, 0.717) is 38.5 Å². The van der Waals surface area contributed by atoms with Crippen molar-refractivity contribution < 1.29 is 23.5 Å². The Morgan fingerprint density at radius 3 is 2.47 bits per heavy atom. The van der Waals surface area contributed by atoms with E-state index in [1.54, 1.807) is 49.4 Å². The lowest BCUT2D eigenvalue weighted by Crippen LogP contribution is -2.30. The van der Waals surface area contributed by atoms with Crippen molar-refractivity contribution in [2.75, 3.05) is 17.7 Å². The number of ether oxygens (including phenoxy) is 2. The summed E-state index contributed by atoms with van der Waals surface area (Å²) in [6.07, 6.45) is -0.836. The number of nitrogens with one attached hydrogen (secondary N) is 2. The molecule has 0 aliphatic heterocycles. The molecule has 0 unspecified atom stereocenters. The molecule has 1 heterocycles. The number of halogens is 2. The third kappa shape index (κ3) is 5.27. The van der Waals surface area contributed by atoms with Gasteiger partial charge in [0.1, 0.15) is 17.1 Å². The molecule has 7 nitrogen and oxygen atoms in total. The number of rotatable bonds is 7. The molecule has 4 rings (SSSR count). The van der Waals surface area contributed by atoms with E-state index < -0.39 is 17.9 Å². The average Bonchev–Trinajstić information content (AvgIpc) is 3.26. The molecule has 0 saturated carbocycles. The minimum absolute atomic E-state index is 0.174. The van der Waals surface area contributed by atoms with E-state index in [-0.39, 0.29) is 5.76 Å². The maximum absolute atomic E-state index is 12.7. The molecule has 174 valence electrons. The van der Waals surface area contributed by atoms with E-state index in [2.05, 4.69) is 10.6 Å². The summed E-state index contributed by atoms with van der Waals surface area (Å²) in [5, 5.41) is 7.12. The molecule has 0 saturated heterocycles. The summed E-state index contributed by atoms with van der Waals surface area (Å²) in [7, 11) is 1.46. The topological polar surface area (TPSA) is 89.8 Å². The molecule has 3 aromatic carbocycles. The number of para-hydroxylation sites is 1. The summed E-state index contributed by atoms with van der Waals surface area (Å²) >= 11 is 12.0. The van der Waals surface area contributed by atoms with Crippen LogP contribution in [0.1, 0.15) is 17.5 Å². The van der Waals surface area contributed by atoms with E-state index in [9.17, 15) is 9.59 Å². The van der Waals surface area contributed by atoms with Crippen LogP contribution in [-0.4, -0.2) is 25.0 Å². The van der Waals surface area contributed by atoms with Gasteiger partial charge in [0.2, 0.25) is 0 Å². The van der Waals surface area contributed by atoms with Gasteiger partial charge in [0.25, 0.3) is 11.8 Å². The normalized spacial score (nSPS) is 11.6. The van der Waals surface area contributed by atoms with Crippen LogP contribution in [0.25, 0.3) is 11.0 Å². The monoisotopic (exact) mass is 498 g/mol. The number of benzene rings is 3. The Labute approximate surface area is 205 Å². The summed E-state index contributed by atoms with van der Waals surface area (Å²) in [5.74, 6) is 0.0549. The number of furan rings is 1. The van der Waals surface area contributed by atoms with Crippen LogP contribution in [0.4, 0.5) is 11.4 Å². The van der Waals surface area contributed by atoms with Gasteiger partial charge in [0.15, 0.2) is 11.9 Å². The van der Waals surface area contributed by atoms with Gasteiger partial charge in [-0.15, -0.1) is 0 Å². The van der Waals surface area contributed by atoms with Crippen LogP contribution in [0.3, 0.4) is 0 Å². The molecule has 34 heavy (non-hydrogen) atoms. The van der Waals surface area contributed by atoms with E-state index in [1.807, 2.05) is 18.2 Å². The van der Waals surface area contributed by atoms with E-state index in [0.717, 1.165) is 5.39 Å². The molecular formula is C25H20Cl2N2O5. The lowest BCUT2D eigenvalue weighted by atomic mass is 10.2. The van der Waals surface area contributed by atoms with Crippen molar-refractivity contribution in [2.24, 2.45) is 0 Å². The third-order valence-corrected chi connectivity index (χ3v) is 5.46. The molecule has 0 fully saturated rings. The minimum Gasteiger partial charge on any atom is -0.494 e. The lowest BCUT2D eigenvalue weighted by Gasteiger charge is -2.17. The summed E-state index contributed by atoms with van der Waals surface area (Å²) in [6.45, 7) is 1.60. The number of methoxy groups -OCH3 is 1. The molecule has 0 aliphatic carbocycles. The van der Waals surface area contributed by atoms with Gasteiger partial charge >= 0.3 is 0 Å². The fourth-order valence-electron chi connectivity index (χ4n) is 3.21.